The zero-order valence-corrected chi connectivity index (χ0v) is 9.59. The minimum Gasteiger partial charge on any atom is -0.399 e. The van der Waals surface area contributed by atoms with Crippen LogP contribution in [0.25, 0.3) is 11.1 Å². The van der Waals surface area contributed by atoms with Crippen LogP contribution in [0.2, 0.25) is 0 Å². The van der Waals surface area contributed by atoms with Crippen molar-refractivity contribution in [1.82, 2.24) is 4.98 Å². The maximum Gasteiger partial charge on any atom is 0.0346 e. The van der Waals surface area contributed by atoms with E-state index in [4.69, 9.17) is 5.73 Å². The highest BCUT2D eigenvalue weighted by atomic mass is 35.5. The maximum absolute atomic E-state index is 5.59. The number of aromatic nitrogens is 1. The van der Waals surface area contributed by atoms with Crippen molar-refractivity contribution < 1.29 is 0 Å². The molecule has 1 aromatic heterocycles. The van der Waals surface area contributed by atoms with Gasteiger partial charge in [0.25, 0.3) is 0 Å². The SMILES string of the molecule is Cl.Cl.Nc1ccc(-c2cccnc2)cc1. The van der Waals surface area contributed by atoms with Crippen molar-refractivity contribution in [3.63, 3.8) is 0 Å². The van der Waals surface area contributed by atoms with Gasteiger partial charge in [-0.3, -0.25) is 4.98 Å². The second kappa shape index (κ2) is 6.27. The Morgan fingerprint density at radius 3 is 2.07 bits per heavy atom. The minimum atomic E-state index is 0. The lowest BCUT2D eigenvalue weighted by molar-refractivity contribution is 1.33. The molecule has 2 aromatic rings. The van der Waals surface area contributed by atoms with Gasteiger partial charge in [0.1, 0.15) is 0 Å². The van der Waals surface area contributed by atoms with Gasteiger partial charge in [-0.15, -0.1) is 24.8 Å². The standard InChI is InChI=1S/C11H10N2.2ClH/c12-11-5-3-9(4-6-11)10-2-1-7-13-8-10;;/h1-8H,12H2;2*1H. The van der Waals surface area contributed by atoms with E-state index < -0.39 is 0 Å². The second-order valence-corrected chi connectivity index (χ2v) is 2.86. The number of benzene rings is 1. The Morgan fingerprint density at radius 2 is 1.53 bits per heavy atom. The van der Waals surface area contributed by atoms with Gasteiger partial charge in [-0.25, -0.2) is 0 Å². The van der Waals surface area contributed by atoms with E-state index in [1.54, 1.807) is 6.20 Å². The number of halogens is 2. The Balaban J connectivity index is 0.000000980. The molecule has 4 heteroatoms. The largest absolute Gasteiger partial charge is 0.399 e. The number of hydrogen-bond acceptors (Lipinski definition) is 2. The molecule has 0 amide bonds. The van der Waals surface area contributed by atoms with Gasteiger partial charge in [0.2, 0.25) is 0 Å². The summed E-state index contributed by atoms with van der Waals surface area (Å²) in [7, 11) is 0. The fraction of sp³-hybridized carbons (Fsp3) is 0. The van der Waals surface area contributed by atoms with Crippen molar-refractivity contribution in [3.05, 3.63) is 48.8 Å². The van der Waals surface area contributed by atoms with Crippen molar-refractivity contribution in [1.29, 1.82) is 0 Å². The van der Waals surface area contributed by atoms with Crippen LogP contribution < -0.4 is 5.73 Å². The fourth-order valence-corrected chi connectivity index (χ4v) is 1.21. The quantitative estimate of drug-likeness (QED) is 0.781. The number of nitrogen functional groups attached to an aromatic ring is 1. The predicted octanol–water partition coefficient (Wildman–Crippen LogP) is 3.17. The van der Waals surface area contributed by atoms with Crippen LogP contribution in [-0.2, 0) is 0 Å². The van der Waals surface area contributed by atoms with E-state index in [9.17, 15) is 0 Å². The summed E-state index contributed by atoms with van der Waals surface area (Å²) in [5.74, 6) is 0. The highest BCUT2D eigenvalue weighted by Crippen LogP contribution is 2.18. The van der Waals surface area contributed by atoms with Crippen molar-refractivity contribution in [2.24, 2.45) is 0 Å². The summed E-state index contributed by atoms with van der Waals surface area (Å²) in [5, 5.41) is 0. The molecule has 80 valence electrons. The van der Waals surface area contributed by atoms with E-state index in [0.717, 1.165) is 16.8 Å². The molecule has 0 unspecified atom stereocenters. The van der Waals surface area contributed by atoms with Gasteiger partial charge in [0.05, 0.1) is 0 Å². The third-order valence-electron chi connectivity index (χ3n) is 1.91. The molecule has 2 N–H and O–H groups in total. The Morgan fingerprint density at radius 1 is 0.867 bits per heavy atom. The van der Waals surface area contributed by atoms with Crippen LogP contribution in [0.3, 0.4) is 0 Å². The summed E-state index contributed by atoms with van der Waals surface area (Å²) in [6.07, 6.45) is 3.60. The van der Waals surface area contributed by atoms with Gasteiger partial charge in [-0.05, 0) is 29.3 Å². The third kappa shape index (κ3) is 3.42. The lowest BCUT2D eigenvalue weighted by Crippen LogP contribution is -1.84. The molecule has 0 aliphatic carbocycles. The van der Waals surface area contributed by atoms with E-state index in [2.05, 4.69) is 4.98 Å². The van der Waals surface area contributed by atoms with Crippen molar-refractivity contribution in [2.45, 2.75) is 0 Å². The summed E-state index contributed by atoms with van der Waals surface area (Å²) >= 11 is 0. The van der Waals surface area contributed by atoms with Crippen molar-refractivity contribution >= 4 is 30.5 Å². The molecule has 0 radical (unpaired) electrons. The van der Waals surface area contributed by atoms with Crippen LogP contribution in [0.5, 0.6) is 0 Å². The smallest absolute Gasteiger partial charge is 0.0346 e. The highest BCUT2D eigenvalue weighted by molar-refractivity contribution is 5.85. The van der Waals surface area contributed by atoms with E-state index in [1.807, 2.05) is 42.6 Å². The van der Waals surface area contributed by atoms with Gasteiger partial charge >= 0.3 is 0 Å². The van der Waals surface area contributed by atoms with Crippen molar-refractivity contribution in [3.8, 4) is 11.1 Å². The molecule has 15 heavy (non-hydrogen) atoms. The van der Waals surface area contributed by atoms with Gasteiger partial charge in [-0.1, -0.05) is 18.2 Å². The van der Waals surface area contributed by atoms with E-state index in [1.165, 1.54) is 0 Å². The molecule has 1 aromatic carbocycles. The van der Waals surface area contributed by atoms with Crippen LogP contribution in [0, 0.1) is 0 Å². The molecule has 0 saturated heterocycles. The van der Waals surface area contributed by atoms with Crippen LogP contribution in [0.15, 0.2) is 48.8 Å². The van der Waals surface area contributed by atoms with Crippen molar-refractivity contribution in [2.75, 3.05) is 5.73 Å². The monoisotopic (exact) mass is 242 g/mol. The first-order chi connectivity index (χ1) is 6.36. The number of hydrogen-bond donors (Lipinski definition) is 1. The first-order valence-corrected chi connectivity index (χ1v) is 4.12. The third-order valence-corrected chi connectivity index (χ3v) is 1.91. The first kappa shape index (κ1) is 13.8. The summed E-state index contributed by atoms with van der Waals surface area (Å²) < 4.78 is 0. The highest BCUT2D eigenvalue weighted by Gasteiger charge is 1.94. The normalized spacial score (nSPS) is 8.53. The van der Waals surface area contributed by atoms with Crippen LogP contribution in [0.4, 0.5) is 5.69 Å². The molecule has 0 saturated carbocycles. The van der Waals surface area contributed by atoms with Crippen LogP contribution >= 0.6 is 24.8 Å². The van der Waals surface area contributed by atoms with Crippen LogP contribution in [-0.4, -0.2) is 4.98 Å². The zero-order chi connectivity index (χ0) is 9.10. The number of nitrogens with zero attached hydrogens (tertiary/aromatic N) is 1. The number of nitrogens with two attached hydrogens (primary N) is 1. The first-order valence-electron chi connectivity index (χ1n) is 4.12. The van der Waals surface area contributed by atoms with Gasteiger partial charge in [-0.2, -0.15) is 0 Å². The Kier molecular flexibility index (Phi) is 5.75. The Bertz CT molecular complexity index is 387. The van der Waals surface area contributed by atoms with Gasteiger partial charge in [0, 0.05) is 18.1 Å². The maximum atomic E-state index is 5.59. The molecular formula is C11H12Cl2N2. The topological polar surface area (TPSA) is 38.9 Å². The summed E-state index contributed by atoms with van der Waals surface area (Å²) in [4.78, 5) is 4.05. The lowest BCUT2D eigenvalue weighted by atomic mass is 10.1. The molecule has 0 bridgehead atoms. The lowest BCUT2D eigenvalue weighted by Gasteiger charge is -2.00. The number of rotatable bonds is 1. The molecule has 2 rings (SSSR count). The number of pyridine rings is 1. The van der Waals surface area contributed by atoms with Crippen LogP contribution in [0.1, 0.15) is 0 Å². The van der Waals surface area contributed by atoms with Gasteiger partial charge < -0.3 is 5.73 Å². The number of anilines is 1. The predicted molar refractivity (Wildman–Crippen MR) is 68.6 cm³/mol. The van der Waals surface area contributed by atoms with E-state index in [-0.39, 0.29) is 24.8 Å². The average molecular weight is 243 g/mol. The summed E-state index contributed by atoms with van der Waals surface area (Å²) in [6.45, 7) is 0. The molecular weight excluding hydrogens is 231 g/mol. The minimum absolute atomic E-state index is 0. The molecule has 0 fully saturated rings. The van der Waals surface area contributed by atoms with Gasteiger partial charge in [0.15, 0.2) is 0 Å². The summed E-state index contributed by atoms with van der Waals surface area (Å²) in [6, 6.07) is 11.7. The fourth-order valence-electron chi connectivity index (χ4n) is 1.21. The molecule has 0 atom stereocenters. The van der Waals surface area contributed by atoms with E-state index in [0.29, 0.717) is 0 Å². The summed E-state index contributed by atoms with van der Waals surface area (Å²) in [5.41, 5.74) is 8.63. The Labute approximate surface area is 101 Å². The molecule has 1 heterocycles. The Hall–Kier alpha value is -1.25. The molecule has 0 spiro atoms. The zero-order valence-electron chi connectivity index (χ0n) is 7.96. The molecule has 2 nitrogen and oxygen atoms in total. The molecule has 0 aliphatic heterocycles. The second-order valence-electron chi connectivity index (χ2n) is 2.86. The average Bonchev–Trinajstić information content (AvgIpc) is 2.20. The van der Waals surface area contributed by atoms with E-state index >= 15 is 0 Å². The molecule has 0 aliphatic rings.